The average Bonchev–Trinajstić information content (AvgIpc) is 3.47. The van der Waals surface area contributed by atoms with E-state index in [0.29, 0.717) is 29.8 Å². The number of nitrogens with two attached hydrogens (primary N) is 1. The molecule has 5 heterocycles. The van der Waals surface area contributed by atoms with Gasteiger partial charge < -0.3 is 20.1 Å². The zero-order valence-electron chi connectivity index (χ0n) is 19.5. The van der Waals surface area contributed by atoms with Crippen LogP contribution in [0.2, 0.25) is 0 Å². The summed E-state index contributed by atoms with van der Waals surface area (Å²) in [5.74, 6) is 0.874. The minimum Gasteiger partial charge on any atom is -0.491 e. The molecule has 178 valence electrons. The topological polar surface area (TPSA) is 112 Å². The Balaban J connectivity index is 1.28. The molecule has 0 radical (unpaired) electrons. The van der Waals surface area contributed by atoms with Crippen LogP contribution in [0.3, 0.4) is 0 Å². The van der Waals surface area contributed by atoms with Crippen LogP contribution in [-0.2, 0) is 13.1 Å². The highest BCUT2D eigenvalue weighted by atomic mass is 16.5. The molecule has 0 aromatic carbocycles. The third-order valence-electron chi connectivity index (χ3n) is 6.49. The van der Waals surface area contributed by atoms with Crippen molar-refractivity contribution in [3.8, 4) is 22.9 Å². The number of nitrogens with zero attached hydrogens (tertiary/aromatic N) is 6. The Morgan fingerprint density at radius 1 is 1.12 bits per heavy atom. The number of carbonyl (C=O) groups is 1. The molecule has 0 bridgehead atoms. The minimum atomic E-state index is -0.0657. The van der Waals surface area contributed by atoms with Crippen molar-refractivity contribution < 1.29 is 14.3 Å². The Kier molecular flexibility index (Phi) is 6.16. The first-order chi connectivity index (χ1) is 16.6. The van der Waals surface area contributed by atoms with E-state index < -0.39 is 0 Å². The van der Waals surface area contributed by atoms with Gasteiger partial charge in [0, 0.05) is 30.5 Å². The van der Waals surface area contributed by atoms with Gasteiger partial charge in [0.05, 0.1) is 56.1 Å². The van der Waals surface area contributed by atoms with Gasteiger partial charge in [0.25, 0.3) is 11.8 Å². The van der Waals surface area contributed by atoms with E-state index in [1.807, 2.05) is 29.1 Å². The average molecular weight is 464 g/mol. The lowest BCUT2D eigenvalue weighted by Crippen LogP contribution is -2.40. The predicted octanol–water partition coefficient (Wildman–Crippen LogP) is 1.94. The van der Waals surface area contributed by atoms with E-state index in [9.17, 15) is 4.79 Å². The van der Waals surface area contributed by atoms with Crippen molar-refractivity contribution in [1.82, 2.24) is 24.6 Å². The van der Waals surface area contributed by atoms with Crippen molar-refractivity contribution >= 4 is 11.6 Å². The maximum atomic E-state index is 13.1. The summed E-state index contributed by atoms with van der Waals surface area (Å²) in [6, 6.07) is 5.81. The number of likely N-dealkylation sites (tertiary alicyclic amines) is 1. The van der Waals surface area contributed by atoms with Gasteiger partial charge in [-0.05, 0) is 44.1 Å². The number of hydrogen-bond acceptors (Lipinski definition) is 8. The van der Waals surface area contributed by atoms with E-state index in [1.54, 1.807) is 31.5 Å². The number of fused-ring (bicyclic) bond motifs is 1. The molecule has 2 aliphatic rings. The fraction of sp³-hybridized carbons (Fsp3) is 0.417. The standard InChI is InChI=1S/C24H29N7O3/c1-33-22-11-16(12-26-23(22)34-2)20-4-3-19-21(28-20)15-31(24(19)32)18-13-27-30(14-18)10-9-29-7-5-17(25)6-8-29/h3-4,11-14,17H,5-10,15,25H2,1-2H3. The number of hydrogen-bond donors (Lipinski definition) is 1. The van der Waals surface area contributed by atoms with Gasteiger partial charge in [-0.1, -0.05) is 0 Å². The van der Waals surface area contributed by atoms with Gasteiger partial charge in [0.15, 0.2) is 5.75 Å². The van der Waals surface area contributed by atoms with Crippen LogP contribution in [-0.4, -0.2) is 70.5 Å². The van der Waals surface area contributed by atoms with E-state index >= 15 is 0 Å². The van der Waals surface area contributed by atoms with Crippen molar-refractivity contribution in [2.24, 2.45) is 5.73 Å². The van der Waals surface area contributed by atoms with E-state index in [-0.39, 0.29) is 5.91 Å². The molecule has 0 spiro atoms. The molecule has 0 saturated carbocycles. The van der Waals surface area contributed by atoms with Gasteiger partial charge in [-0.2, -0.15) is 5.10 Å². The number of amides is 1. The lowest BCUT2D eigenvalue weighted by Gasteiger charge is -2.29. The molecular formula is C24H29N7O3. The number of carbonyl (C=O) groups excluding carboxylic acids is 1. The number of aromatic nitrogens is 4. The second kappa shape index (κ2) is 9.40. The Morgan fingerprint density at radius 2 is 1.94 bits per heavy atom. The summed E-state index contributed by atoms with van der Waals surface area (Å²) in [5, 5.41) is 4.47. The monoisotopic (exact) mass is 463 g/mol. The van der Waals surface area contributed by atoms with Gasteiger partial charge in [0.1, 0.15) is 0 Å². The summed E-state index contributed by atoms with van der Waals surface area (Å²) >= 11 is 0. The van der Waals surface area contributed by atoms with Gasteiger partial charge >= 0.3 is 0 Å². The van der Waals surface area contributed by atoms with E-state index in [0.717, 1.165) is 61.7 Å². The Labute approximate surface area is 198 Å². The van der Waals surface area contributed by atoms with Crippen LogP contribution in [0.15, 0.2) is 36.8 Å². The number of ether oxygens (including phenoxy) is 2. The van der Waals surface area contributed by atoms with Gasteiger partial charge in [-0.3, -0.25) is 19.4 Å². The summed E-state index contributed by atoms with van der Waals surface area (Å²) in [6.07, 6.45) is 7.44. The first-order valence-electron chi connectivity index (χ1n) is 11.5. The molecule has 2 N–H and O–H groups in total. The van der Waals surface area contributed by atoms with Crippen LogP contribution < -0.4 is 20.1 Å². The quantitative estimate of drug-likeness (QED) is 0.566. The van der Waals surface area contributed by atoms with Gasteiger partial charge in [0.2, 0.25) is 0 Å². The molecule has 10 heteroatoms. The number of methoxy groups -OCH3 is 2. The molecule has 0 atom stereocenters. The van der Waals surface area contributed by atoms with Gasteiger partial charge in [-0.25, -0.2) is 4.98 Å². The summed E-state index contributed by atoms with van der Waals surface area (Å²) in [6.45, 7) is 4.15. The van der Waals surface area contributed by atoms with Crippen molar-refractivity contribution in [2.75, 3.05) is 38.8 Å². The zero-order valence-corrected chi connectivity index (χ0v) is 19.5. The number of pyridine rings is 2. The summed E-state index contributed by atoms with van der Waals surface area (Å²) in [4.78, 5) is 26.2. The van der Waals surface area contributed by atoms with Crippen molar-refractivity contribution in [3.63, 3.8) is 0 Å². The molecule has 0 aliphatic carbocycles. The Morgan fingerprint density at radius 3 is 2.71 bits per heavy atom. The largest absolute Gasteiger partial charge is 0.491 e. The van der Waals surface area contributed by atoms with Crippen LogP contribution in [0.25, 0.3) is 11.3 Å². The third kappa shape index (κ3) is 4.34. The third-order valence-corrected chi connectivity index (χ3v) is 6.49. The fourth-order valence-corrected chi connectivity index (χ4v) is 4.46. The molecule has 2 aliphatic heterocycles. The number of rotatable bonds is 7. The van der Waals surface area contributed by atoms with Crippen LogP contribution in [0.4, 0.5) is 5.69 Å². The first-order valence-corrected chi connectivity index (χ1v) is 11.5. The molecule has 5 rings (SSSR count). The lowest BCUT2D eigenvalue weighted by atomic mass is 10.1. The molecule has 0 unspecified atom stereocenters. The molecule has 1 saturated heterocycles. The van der Waals surface area contributed by atoms with Crippen LogP contribution in [0, 0.1) is 0 Å². The highest BCUT2D eigenvalue weighted by Crippen LogP contribution is 2.32. The van der Waals surface area contributed by atoms with Crippen LogP contribution in [0.5, 0.6) is 11.6 Å². The Hall–Kier alpha value is -3.50. The van der Waals surface area contributed by atoms with Gasteiger partial charge in [-0.15, -0.1) is 0 Å². The minimum absolute atomic E-state index is 0.0657. The molecular weight excluding hydrogens is 434 g/mol. The second-order valence-electron chi connectivity index (χ2n) is 8.66. The molecule has 3 aromatic heterocycles. The fourth-order valence-electron chi connectivity index (χ4n) is 4.46. The zero-order chi connectivity index (χ0) is 23.7. The van der Waals surface area contributed by atoms with E-state index in [2.05, 4.69) is 15.0 Å². The Bertz CT molecular complexity index is 1190. The SMILES string of the molecule is COc1cc(-c2ccc3c(n2)CN(c2cnn(CCN4CCC(N)CC4)c2)C3=O)cnc1OC. The maximum Gasteiger partial charge on any atom is 0.260 e. The van der Waals surface area contributed by atoms with E-state index in [1.165, 1.54) is 0 Å². The first kappa shape index (κ1) is 22.3. The number of piperidine rings is 1. The molecule has 10 nitrogen and oxygen atoms in total. The van der Waals surface area contributed by atoms with Crippen molar-refractivity contribution in [1.29, 1.82) is 0 Å². The molecule has 1 fully saturated rings. The summed E-state index contributed by atoms with van der Waals surface area (Å²) < 4.78 is 12.5. The smallest absolute Gasteiger partial charge is 0.260 e. The normalized spacial score (nSPS) is 16.7. The second-order valence-corrected chi connectivity index (χ2v) is 8.66. The lowest BCUT2D eigenvalue weighted by molar-refractivity contribution is 0.0996. The van der Waals surface area contributed by atoms with Crippen molar-refractivity contribution in [2.45, 2.75) is 32.0 Å². The molecule has 1 amide bonds. The van der Waals surface area contributed by atoms with Crippen molar-refractivity contribution in [3.05, 3.63) is 48.0 Å². The predicted molar refractivity (Wildman–Crippen MR) is 127 cm³/mol. The highest BCUT2D eigenvalue weighted by Gasteiger charge is 2.31. The van der Waals surface area contributed by atoms with Crippen LogP contribution in [0.1, 0.15) is 28.9 Å². The van der Waals surface area contributed by atoms with E-state index in [4.69, 9.17) is 20.2 Å². The number of anilines is 1. The summed E-state index contributed by atoms with van der Waals surface area (Å²) in [7, 11) is 3.11. The highest BCUT2D eigenvalue weighted by molar-refractivity contribution is 6.09. The summed E-state index contributed by atoms with van der Waals surface area (Å²) in [5.41, 5.74) is 9.62. The molecule has 34 heavy (non-hydrogen) atoms. The maximum absolute atomic E-state index is 13.1. The van der Waals surface area contributed by atoms with Crippen LogP contribution >= 0.6 is 0 Å². The molecule has 3 aromatic rings.